The first-order valence-corrected chi connectivity index (χ1v) is 8.28. The Kier molecular flexibility index (Phi) is 5.67. The zero-order chi connectivity index (χ0) is 13.7. The van der Waals surface area contributed by atoms with Crippen molar-refractivity contribution in [3.05, 3.63) is 0 Å². The predicted molar refractivity (Wildman–Crippen MR) is 82.3 cm³/mol. The molecule has 1 heterocycles. The number of rotatable bonds is 4. The van der Waals surface area contributed by atoms with E-state index in [9.17, 15) is 0 Å². The molecule has 2 fully saturated rings. The Hall–Kier alpha value is -0.120. The third-order valence-corrected chi connectivity index (χ3v) is 5.46. The SMILES string of the molecule is CC1CN(C)CCCN1CCC1(CN)CCCCC1. The Morgan fingerprint density at radius 3 is 2.53 bits per heavy atom. The van der Waals surface area contributed by atoms with Crippen molar-refractivity contribution in [1.29, 1.82) is 0 Å². The number of hydrogen-bond acceptors (Lipinski definition) is 3. The fourth-order valence-electron chi connectivity index (χ4n) is 3.99. The molecule has 2 rings (SSSR count). The summed E-state index contributed by atoms with van der Waals surface area (Å²) < 4.78 is 0. The van der Waals surface area contributed by atoms with Crippen LogP contribution >= 0.6 is 0 Å². The summed E-state index contributed by atoms with van der Waals surface area (Å²) in [5.41, 5.74) is 6.58. The second-order valence-corrected chi connectivity index (χ2v) is 7.02. The highest BCUT2D eigenvalue weighted by Gasteiger charge is 2.31. The van der Waals surface area contributed by atoms with Gasteiger partial charge < -0.3 is 10.6 Å². The van der Waals surface area contributed by atoms with Crippen LogP contribution in [0.3, 0.4) is 0 Å². The van der Waals surface area contributed by atoms with Crippen molar-refractivity contribution in [1.82, 2.24) is 9.80 Å². The van der Waals surface area contributed by atoms with Gasteiger partial charge in [0.25, 0.3) is 0 Å². The van der Waals surface area contributed by atoms with Crippen molar-refractivity contribution in [2.75, 3.05) is 39.8 Å². The highest BCUT2D eigenvalue weighted by molar-refractivity contribution is 4.86. The van der Waals surface area contributed by atoms with Crippen LogP contribution in [0.2, 0.25) is 0 Å². The van der Waals surface area contributed by atoms with E-state index in [1.165, 1.54) is 71.1 Å². The number of nitrogens with two attached hydrogens (primary N) is 1. The fraction of sp³-hybridized carbons (Fsp3) is 1.00. The summed E-state index contributed by atoms with van der Waals surface area (Å²) in [4.78, 5) is 5.18. The minimum absolute atomic E-state index is 0.468. The van der Waals surface area contributed by atoms with Crippen LogP contribution < -0.4 is 5.73 Å². The molecule has 0 spiro atoms. The Labute approximate surface area is 119 Å². The van der Waals surface area contributed by atoms with Gasteiger partial charge in [0.2, 0.25) is 0 Å². The van der Waals surface area contributed by atoms with Crippen molar-refractivity contribution in [2.24, 2.45) is 11.1 Å². The van der Waals surface area contributed by atoms with Crippen LogP contribution in [-0.2, 0) is 0 Å². The van der Waals surface area contributed by atoms with Gasteiger partial charge in [0.15, 0.2) is 0 Å². The highest BCUT2D eigenvalue weighted by Crippen LogP contribution is 2.38. The van der Waals surface area contributed by atoms with Crippen LogP contribution in [0.1, 0.15) is 51.9 Å². The summed E-state index contributed by atoms with van der Waals surface area (Å²) in [6, 6.07) is 0.700. The van der Waals surface area contributed by atoms with Crippen molar-refractivity contribution < 1.29 is 0 Å². The molecule has 2 N–H and O–H groups in total. The minimum Gasteiger partial charge on any atom is -0.330 e. The maximum Gasteiger partial charge on any atom is 0.0194 e. The molecule has 1 aliphatic carbocycles. The Balaban J connectivity index is 1.85. The highest BCUT2D eigenvalue weighted by atomic mass is 15.2. The number of nitrogens with zero attached hydrogens (tertiary/aromatic N) is 2. The lowest BCUT2D eigenvalue weighted by molar-refractivity contribution is 0.127. The van der Waals surface area contributed by atoms with Gasteiger partial charge in [-0.25, -0.2) is 0 Å². The van der Waals surface area contributed by atoms with Gasteiger partial charge in [-0.15, -0.1) is 0 Å². The van der Waals surface area contributed by atoms with Gasteiger partial charge in [0.05, 0.1) is 0 Å². The van der Waals surface area contributed by atoms with E-state index in [1.807, 2.05) is 0 Å². The average molecular weight is 267 g/mol. The molecular weight excluding hydrogens is 234 g/mol. The Morgan fingerprint density at radius 1 is 1.11 bits per heavy atom. The molecule has 0 radical (unpaired) electrons. The molecule has 0 aromatic heterocycles. The molecule has 2 aliphatic rings. The number of likely N-dealkylation sites (N-methyl/N-ethyl adjacent to an activating group) is 1. The van der Waals surface area contributed by atoms with Crippen molar-refractivity contribution >= 4 is 0 Å². The van der Waals surface area contributed by atoms with E-state index < -0.39 is 0 Å². The topological polar surface area (TPSA) is 32.5 Å². The van der Waals surface area contributed by atoms with E-state index in [4.69, 9.17) is 5.73 Å². The standard InChI is InChI=1S/C16H33N3/c1-15-13-18(2)10-6-11-19(15)12-9-16(14-17)7-4-3-5-8-16/h15H,3-14,17H2,1-2H3. The molecule has 19 heavy (non-hydrogen) atoms. The predicted octanol–water partition coefficient (Wildman–Crippen LogP) is 2.31. The lowest BCUT2D eigenvalue weighted by atomic mass is 9.72. The van der Waals surface area contributed by atoms with Gasteiger partial charge in [-0.1, -0.05) is 19.3 Å². The van der Waals surface area contributed by atoms with Gasteiger partial charge in [-0.2, -0.15) is 0 Å². The van der Waals surface area contributed by atoms with Crippen LogP contribution in [-0.4, -0.2) is 55.6 Å². The van der Waals surface area contributed by atoms with Gasteiger partial charge in [-0.05, 0) is 71.2 Å². The summed E-state index contributed by atoms with van der Waals surface area (Å²) >= 11 is 0. The maximum atomic E-state index is 6.11. The molecule has 0 aromatic rings. The zero-order valence-electron chi connectivity index (χ0n) is 13.0. The van der Waals surface area contributed by atoms with Crippen molar-refractivity contribution in [2.45, 2.75) is 57.9 Å². The minimum atomic E-state index is 0.468. The first-order valence-electron chi connectivity index (χ1n) is 8.28. The molecular formula is C16H33N3. The van der Waals surface area contributed by atoms with Gasteiger partial charge in [-0.3, -0.25) is 4.90 Å². The second-order valence-electron chi connectivity index (χ2n) is 7.02. The monoisotopic (exact) mass is 267 g/mol. The maximum absolute atomic E-state index is 6.11. The Bertz CT molecular complexity index is 261. The Morgan fingerprint density at radius 2 is 1.84 bits per heavy atom. The van der Waals surface area contributed by atoms with E-state index in [-0.39, 0.29) is 0 Å². The van der Waals surface area contributed by atoms with Gasteiger partial charge in [0, 0.05) is 12.6 Å². The molecule has 0 amide bonds. The largest absolute Gasteiger partial charge is 0.330 e. The first-order chi connectivity index (χ1) is 9.15. The van der Waals surface area contributed by atoms with Crippen molar-refractivity contribution in [3.63, 3.8) is 0 Å². The van der Waals surface area contributed by atoms with Crippen LogP contribution in [0.4, 0.5) is 0 Å². The van der Waals surface area contributed by atoms with Crippen LogP contribution in [0.5, 0.6) is 0 Å². The first kappa shape index (κ1) is 15.3. The molecule has 3 nitrogen and oxygen atoms in total. The molecule has 1 aliphatic heterocycles. The molecule has 0 bridgehead atoms. The quantitative estimate of drug-likeness (QED) is 0.848. The molecule has 3 heteroatoms. The lowest BCUT2D eigenvalue weighted by Crippen LogP contribution is -2.42. The van der Waals surface area contributed by atoms with E-state index >= 15 is 0 Å². The average Bonchev–Trinajstić information content (AvgIpc) is 2.58. The summed E-state index contributed by atoms with van der Waals surface area (Å²) in [6.07, 6.45) is 9.59. The van der Waals surface area contributed by atoms with Crippen LogP contribution in [0.25, 0.3) is 0 Å². The van der Waals surface area contributed by atoms with Gasteiger partial charge in [0.1, 0.15) is 0 Å². The summed E-state index contributed by atoms with van der Waals surface area (Å²) in [5.74, 6) is 0. The molecule has 1 saturated heterocycles. The zero-order valence-corrected chi connectivity index (χ0v) is 13.0. The summed E-state index contributed by atoms with van der Waals surface area (Å²) in [5, 5.41) is 0. The smallest absolute Gasteiger partial charge is 0.0194 e. The molecule has 112 valence electrons. The van der Waals surface area contributed by atoms with Gasteiger partial charge >= 0.3 is 0 Å². The number of hydrogen-bond donors (Lipinski definition) is 1. The third kappa shape index (κ3) is 4.17. The molecule has 1 unspecified atom stereocenters. The normalized spacial score (nSPS) is 30.2. The second kappa shape index (κ2) is 7.05. The van der Waals surface area contributed by atoms with E-state index in [2.05, 4.69) is 23.8 Å². The molecule has 1 atom stereocenters. The van der Waals surface area contributed by atoms with E-state index in [0.717, 1.165) is 6.54 Å². The van der Waals surface area contributed by atoms with Crippen LogP contribution in [0.15, 0.2) is 0 Å². The third-order valence-electron chi connectivity index (χ3n) is 5.46. The van der Waals surface area contributed by atoms with Crippen LogP contribution in [0, 0.1) is 5.41 Å². The fourth-order valence-corrected chi connectivity index (χ4v) is 3.99. The summed E-state index contributed by atoms with van der Waals surface area (Å²) in [7, 11) is 2.25. The molecule has 1 saturated carbocycles. The van der Waals surface area contributed by atoms with E-state index in [0.29, 0.717) is 11.5 Å². The summed E-state index contributed by atoms with van der Waals surface area (Å²) in [6.45, 7) is 8.28. The van der Waals surface area contributed by atoms with Crippen molar-refractivity contribution in [3.8, 4) is 0 Å². The van der Waals surface area contributed by atoms with E-state index in [1.54, 1.807) is 0 Å². The molecule has 0 aromatic carbocycles. The lowest BCUT2D eigenvalue weighted by Gasteiger charge is -2.39.